The molecule has 3 rings (SSSR count). The molecule has 0 amide bonds. The SMILES string of the molecule is CC(N[S+]([O-])C(C)(C)C)c1cnc2c(Cl)cccc2c1-c1ccccn1. The first kappa shape index (κ1) is 19.1. The molecule has 26 heavy (non-hydrogen) atoms. The highest BCUT2D eigenvalue weighted by atomic mass is 35.5. The highest BCUT2D eigenvalue weighted by Crippen LogP contribution is 2.36. The Balaban J connectivity index is 2.16. The number of benzene rings is 1. The van der Waals surface area contributed by atoms with Gasteiger partial charge >= 0.3 is 0 Å². The van der Waals surface area contributed by atoms with Gasteiger partial charge in [0.25, 0.3) is 0 Å². The van der Waals surface area contributed by atoms with E-state index < -0.39 is 11.4 Å². The number of nitrogens with zero attached hydrogens (tertiary/aromatic N) is 2. The third kappa shape index (κ3) is 3.86. The van der Waals surface area contributed by atoms with E-state index in [1.165, 1.54) is 0 Å². The van der Waals surface area contributed by atoms with Gasteiger partial charge in [-0.3, -0.25) is 9.97 Å². The van der Waals surface area contributed by atoms with E-state index in [1.54, 1.807) is 12.4 Å². The highest BCUT2D eigenvalue weighted by Gasteiger charge is 2.29. The number of hydrogen-bond acceptors (Lipinski definition) is 4. The molecule has 2 aromatic heterocycles. The fourth-order valence-corrected chi connectivity index (χ4v) is 3.75. The minimum absolute atomic E-state index is 0.164. The van der Waals surface area contributed by atoms with Crippen molar-refractivity contribution in [2.24, 2.45) is 0 Å². The lowest BCUT2D eigenvalue weighted by Gasteiger charge is -2.27. The van der Waals surface area contributed by atoms with E-state index in [-0.39, 0.29) is 10.8 Å². The van der Waals surface area contributed by atoms with Crippen molar-refractivity contribution in [1.82, 2.24) is 14.7 Å². The zero-order chi connectivity index (χ0) is 18.9. The van der Waals surface area contributed by atoms with Crippen LogP contribution in [-0.2, 0) is 11.4 Å². The number of rotatable bonds is 4. The summed E-state index contributed by atoms with van der Waals surface area (Å²) in [6, 6.07) is 11.4. The van der Waals surface area contributed by atoms with E-state index in [1.807, 2.05) is 64.1 Å². The Morgan fingerprint density at radius 3 is 2.54 bits per heavy atom. The molecular weight excluding hydrogens is 366 g/mol. The second-order valence-corrected chi connectivity index (χ2v) is 9.57. The van der Waals surface area contributed by atoms with Crippen molar-refractivity contribution in [2.45, 2.75) is 38.5 Å². The molecule has 1 N–H and O–H groups in total. The quantitative estimate of drug-likeness (QED) is 0.635. The standard InChI is InChI=1S/C20H22ClN3OS/c1-13(24-26(25)20(2,3)4)15-12-23-19-14(8-7-9-16(19)21)18(15)17-10-5-6-11-22-17/h5-13,24H,1-4H3. The van der Waals surface area contributed by atoms with E-state index in [0.717, 1.165) is 27.7 Å². The van der Waals surface area contributed by atoms with Crippen molar-refractivity contribution in [3.8, 4) is 11.3 Å². The van der Waals surface area contributed by atoms with E-state index >= 15 is 0 Å². The molecule has 0 bridgehead atoms. The molecule has 0 fully saturated rings. The molecule has 2 heterocycles. The molecule has 0 aliphatic carbocycles. The van der Waals surface area contributed by atoms with Crippen molar-refractivity contribution in [3.05, 3.63) is 59.4 Å². The van der Waals surface area contributed by atoms with Crippen molar-refractivity contribution >= 4 is 33.9 Å². The van der Waals surface area contributed by atoms with Gasteiger partial charge in [-0.25, -0.2) is 0 Å². The fraction of sp³-hybridized carbons (Fsp3) is 0.300. The predicted octanol–water partition coefficient (Wildman–Crippen LogP) is 5.06. The summed E-state index contributed by atoms with van der Waals surface area (Å²) in [5, 5.41) is 1.54. The Kier molecular flexibility index (Phi) is 5.53. The summed E-state index contributed by atoms with van der Waals surface area (Å²) in [5.74, 6) is 0. The van der Waals surface area contributed by atoms with Gasteiger partial charge in [0.15, 0.2) is 0 Å². The molecule has 0 saturated heterocycles. The third-order valence-electron chi connectivity index (χ3n) is 4.11. The van der Waals surface area contributed by atoms with Crippen LogP contribution in [-0.4, -0.2) is 19.3 Å². The van der Waals surface area contributed by atoms with Crippen LogP contribution >= 0.6 is 11.6 Å². The topological polar surface area (TPSA) is 60.9 Å². The first-order valence-corrected chi connectivity index (χ1v) is 9.98. The maximum Gasteiger partial charge on any atom is 0.136 e. The van der Waals surface area contributed by atoms with Crippen LogP contribution in [0.5, 0.6) is 0 Å². The smallest absolute Gasteiger partial charge is 0.136 e. The molecule has 0 aliphatic heterocycles. The van der Waals surface area contributed by atoms with E-state index in [9.17, 15) is 4.55 Å². The number of aromatic nitrogens is 2. The van der Waals surface area contributed by atoms with Gasteiger partial charge in [-0.2, -0.15) is 0 Å². The van der Waals surface area contributed by atoms with Crippen LogP contribution in [0, 0.1) is 0 Å². The van der Waals surface area contributed by atoms with Crippen LogP contribution in [0.2, 0.25) is 5.02 Å². The van der Waals surface area contributed by atoms with Crippen LogP contribution in [0.1, 0.15) is 39.3 Å². The van der Waals surface area contributed by atoms with Crippen LogP contribution < -0.4 is 4.72 Å². The Morgan fingerprint density at radius 1 is 1.12 bits per heavy atom. The molecular formula is C20H22ClN3OS. The van der Waals surface area contributed by atoms with Crippen LogP contribution in [0.4, 0.5) is 0 Å². The largest absolute Gasteiger partial charge is 0.598 e. The van der Waals surface area contributed by atoms with Crippen LogP contribution in [0.25, 0.3) is 22.2 Å². The highest BCUT2D eigenvalue weighted by molar-refractivity contribution is 7.90. The lowest BCUT2D eigenvalue weighted by Crippen LogP contribution is -2.40. The minimum Gasteiger partial charge on any atom is -0.598 e. The lowest BCUT2D eigenvalue weighted by molar-refractivity contribution is 0.531. The number of para-hydroxylation sites is 1. The van der Waals surface area contributed by atoms with Gasteiger partial charge in [0.1, 0.15) is 4.75 Å². The Morgan fingerprint density at radius 2 is 1.88 bits per heavy atom. The number of pyridine rings is 2. The van der Waals surface area contributed by atoms with E-state index in [2.05, 4.69) is 14.7 Å². The second kappa shape index (κ2) is 7.53. The summed E-state index contributed by atoms with van der Waals surface area (Å²) >= 11 is 5.15. The second-order valence-electron chi connectivity index (χ2n) is 7.16. The summed E-state index contributed by atoms with van der Waals surface area (Å²) in [5.41, 5.74) is 3.48. The number of nitrogens with one attached hydrogen (secondary N) is 1. The third-order valence-corrected chi connectivity index (χ3v) is 6.09. The van der Waals surface area contributed by atoms with Gasteiger partial charge in [-0.15, -0.1) is 4.72 Å². The van der Waals surface area contributed by atoms with E-state index in [0.29, 0.717) is 5.02 Å². The minimum atomic E-state index is -1.19. The Hall–Kier alpha value is -1.66. The molecule has 0 radical (unpaired) electrons. The summed E-state index contributed by atoms with van der Waals surface area (Å²) in [6.07, 6.45) is 3.57. The maximum absolute atomic E-state index is 12.6. The van der Waals surface area contributed by atoms with E-state index in [4.69, 9.17) is 11.6 Å². The predicted molar refractivity (Wildman–Crippen MR) is 109 cm³/mol. The monoisotopic (exact) mass is 387 g/mol. The first-order chi connectivity index (χ1) is 12.3. The molecule has 0 aliphatic rings. The molecule has 6 heteroatoms. The van der Waals surface area contributed by atoms with Gasteiger partial charge in [0.2, 0.25) is 0 Å². The molecule has 0 saturated carbocycles. The average molecular weight is 388 g/mol. The normalized spacial score (nSPS) is 14.4. The van der Waals surface area contributed by atoms with Gasteiger partial charge in [0, 0.05) is 40.3 Å². The van der Waals surface area contributed by atoms with Crippen LogP contribution in [0.3, 0.4) is 0 Å². The number of hydrogen-bond donors (Lipinski definition) is 1. The Labute approximate surface area is 162 Å². The lowest BCUT2D eigenvalue weighted by atomic mass is 9.96. The molecule has 2 atom stereocenters. The summed E-state index contributed by atoms with van der Waals surface area (Å²) in [6.45, 7) is 7.83. The summed E-state index contributed by atoms with van der Waals surface area (Å²) in [7, 11) is 0. The van der Waals surface area contributed by atoms with Gasteiger partial charge < -0.3 is 4.55 Å². The van der Waals surface area contributed by atoms with Crippen LogP contribution in [0.15, 0.2) is 48.8 Å². The molecule has 136 valence electrons. The molecule has 4 nitrogen and oxygen atoms in total. The van der Waals surface area contributed by atoms with Crippen molar-refractivity contribution < 1.29 is 4.55 Å². The Bertz CT molecular complexity index is 912. The van der Waals surface area contributed by atoms with Gasteiger partial charge in [-0.1, -0.05) is 29.8 Å². The molecule has 3 aromatic rings. The zero-order valence-electron chi connectivity index (χ0n) is 15.3. The number of fused-ring (bicyclic) bond motifs is 1. The van der Waals surface area contributed by atoms with Gasteiger partial charge in [0.05, 0.1) is 22.3 Å². The number of halogens is 1. The average Bonchev–Trinajstić information content (AvgIpc) is 2.61. The molecule has 0 spiro atoms. The van der Waals surface area contributed by atoms with Gasteiger partial charge in [-0.05, 0) is 45.9 Å². The van der Waals surface area contributed by atoms with Crippen molar-refractivity contribution in [3.63, 3.8) is 0 Å². The first-order valence-electron chi connectivity index (χ1n) is 8.45. The maximum atomic E-state index is 12.6. The summed E-state index contributed by atoms with van der Waals surface area (Å²) in [4.78, 5) is 9.08. The van der Waals surface area contributed by atoms with Crippen molar-refractivity contribution in [2.75, 3.05) is 0 Å². The summed E-state index contributed by atoms with van der Waals surface area (Å²) < 4.78 is 15.4. The zero-order valence-corrected chi connectivity index (χ0v) is 16.9. The molecule has 2 unspecified atom stereocenters. The fourth-order valence-electron chi connectivity index (χ4n) is 2.73. The molecule has 1 aromatic carbocycles. The van der Waals surface area contributed by atoms with Crippen molar-refractivity contribution in [1.29, 1.82) is 0 Å².